The Morgan fingerprint density at radius 1 is 0.875 bits per heavy atom. The van der Waals surface area contributed by atoms with E-state index >= 15 is 0 Å². The maximum absolute atomic E-state index is 13.5. The summed E-state index contributed by atoms with van der Waals surface area (Å²) in [5.74, 6) is 0. The number of pyridine rings is 1. The van der Waals surface area contributed by atoms with Crippen molar-refractivity contribution in [3.63, 3.8) is 0 Å². The highest BCUT2D eigenvalue weighted by atomic mass is 16.1. The van der Waals surface area contributed by atoms with E-state index in [4.69, 9.17) is 5.10 Å². The van der Waals surface area contributed by atoms with Crippen LogP contribution in [-0.4, -0.2) is 20.4 Å². The molecule has 32 heavy (non-hydrogen) atoms. The van der Waals surface area contributed by atoms with Crippen molar-refractivity contribution in [2.45, 2.75) is 95.8 Å². The SMILES string of the molecule is O=c1c2c(c3cnn(Cc4ccc(CNC5CCCC5)cc4)c3n1C1CCC1)CCCC2. The zero-order valence-corrected chi connectivity index (χ0v) is 19.0. The van der Waals surface area contributed by atoms with Crippen molar-refractivity contribution in [3.8, 4) is 0 Å². The van der Waals surface area contributed by atoms with Crippen molar-refractivity contribution in [2.24, 2.45) is 0 Å². The van der Waals surface area contributed by atoms with Gasteiger partial charge >= 0.3 is 0 Å². The first-order valence-corrected chi connectivity index (χ1v) is 12.7. The van der Waals surface area contributed by atoms with E-state index in [0.29, 0.717) is 18.6 Å². The van der Waals surface area contributed by atoms with E-state index in [0.717, 1.165) is 49.9 Å². The molecule has 0 bridgehead atoms. The van der Waals surface area contributed by atoms with Gasteiger partial charge in [0.1, 0.15) is 5.65 Å². The summed E-state index contributed by atoms with van der Waals surface area (Å²) in [6.07, 6.45) is 15.1. The average Bonchev–Trinajstić information content (AvgIpc) is 3.45. The highest BCUT2D eigenvalue weighted by Gasteiger charge is 2.28. The van der Waals surface area contributed by atoms with E-state index in [9.17, 15) is 4.79 Å². The Balaban J connectivity index is 1.30. The summed E-state index contributed by atoms with van der Waals surface area (Å²) in [4.78, 5) is 13.5. The topological polar surface area (TPSA) is 51.9 Å². The Morgan fingerprint density at radius 2 is 1.59 bits per heavy atom. The highest BCUT2D eigenvalue weighted by molar-refractivity contribution is 5.81. The number of rotatable bonds is 6. The minimum Gasteiger partial charge on any atom is -0.310 e. The monoisotopic (exact) mass is 430 g/mol. The van der Waals surface area contributed by atoms with Gasteiger partial charge in [0.25, 0.3) is 5.56 Å². The van der Waals surface area contributed by atoms with E-state index in [1.165, 1.54) is 60.6 Å². The molecule has 5 heteroatoms. The van der Waals surface area contributed by atoms with Gasteiger partial charge < -0.3 is 5.32 Å². The van der Waals surface area contributed by atoms with Crippen molar-refractivity contribution in [3.05, 3.63) is 63.1 Å². The predicted octanol–water partition coefficient (Wildman–Crippen LogP) is 4.88. The number of hydrogen-bond donors (Lipinski definition) is 1. The third-order valence-corrected chi connectivity index (χ3v) is 8.05. The van der Waals surface area contributed by atoms with Crippen LogP contribution in [0.4, 0.5) is 0 Å². The second kappa shape index (κ2) is 8.51. The van der Waals surface area contributed by atoms with Gasteiger partial charge in [-0.25, -0.2) is 4.68 Å². The molecule has 0 unspecified atom stereocenters. The summed E-state index contributed by atoms with van der Waals surface area (Å²) >= 11 is 0. The van der Waals surface area contributed by atoms with E-state index in [-0.39, 0.29) is 5.56 Å². The minimum atomic E-state index is 0.256. The zero-order valence-electron chi connectivity index (χ0n) is 19.0. The molecular weight excluding hydrogens is 396 g/mol. The summed E-state index contributed by atoms with van der Waals surface area (Å²) in [7, 11) is 0. The lowest BCUT2D eigenvalue weighted by Crippen LogP contribution is -2.34. The van der Waals surface area contributed by atoms with E-state index < -0.39 is 0 Å². The Hall–Kier alpha value is -2.40. The molecule has 168 valence electrons. The normalized spacial score (nSPS) is 19.4. The lowest BCUT2D eigenvalue weighted by Gasteiger charge is -2.30. The molecule has 0 atom stereocenters. The molecule has 5 nitrogen and oxygen atoms in total. The van der Waals surface area contributed by atoms with E-state index in [1.807, 2.05) is 6.20 Å². The van der Waals surface area contributed by atoms with Crippen LogP contribution in [0, 0.1) is 0 Å². The Bertz CT molecular complexity index is 1160. The molecule has 3 aliphatic carbocycles. The fourth-order valence-electron chi connectivity index (χ4n) is 5.95. The van der Waals surface area contributed by atoms with Gasteiger partial charge in [0.2, 0.25) is 0 Å². The summed E-state index contributed by atoms with van der Waals surface area (Å²) < 4.78 is 4.19. The molecular formula is C27H34N4O. The zero-order chi connectivity index (χ0) is 21.5. The van der Waals surface area contributed by atoms with Crippen LogP contribution in [0.5, 0.6) is 0 Å². The van der Waals surface area contributed by atoms with Gasteiger partial charge in [-0.15, -0.1) is 0 Å². The number of benzene rings is 1. The van der Waals surface area contributed by atoms with Crippen LogP contribution < -0.4 is 10.9 Å². The van der Waals surface area contributed by atoms with Crippen LogP contribution in [0.1, 0.15) is 86.1 Å². The van der Waals surface area contributed by atoms with E-state index in [1.54, 1.807) is 0 Å². The summed E-state index contributed by atoms with van der Waals surface area (Å²) in [5.41, 5.74) is 6.22. The maximum Gasteiger partial charge on any atom is 0.255 e. The maximum atomic E-state index is 13.5. The summed E-state index contributed by atoms with van der Waals surface area (Å²) in [6.45, 7) is 1.66. The molecule has 6 rings (SSSR count). The van der Waals surface area contributed by atoms with Gasteiger partial charge in [0, 0.05) is 29.6 Å². The first-order valence-electron chi connectivity index (χ1n) is 12.7. The van der Waals surface area contributed by atoms with Crippen LogP contribution in [0.25, 0.3) is 11.0 Å². The van der Waals surface area contributed by atoms with Gasteiger partial charge in [-0.1, -0.05) is 37.1 Å². The fraction of sp³-hybridized carbons (Fsp3) is 0.556. The molecule has 0 aliphatic heterocycles. The molecule has 2 saturated carbocycles. The molecule has 2 fully saturated rings. The van der Waals surface area contributed by atoms with Crippen LogP contribution in [0.15, 0.2) is 35.3 Å². The number of hydrogen-bond acceptors (Lipinski definition) is 3. The molecule has 0 radical (unpaired) electrons. The molecule has 0 spiro atoms. The lowest BCUT2D eigenvalue weighted by atomic mass is 9.88. The molecule has 3 aromatic rings. The van der Waals surface area contributed by atoms with Crippen LogP contribution in [0.3, 0.4) is 0 Å². The highest BCUT2D eigenvalue weighted by Crippen LogP contribution is 2.35. The minimum absolute atomic E-state index is 0.256. The van der Waals surface area contributed by atoms with Gasteiger partial charge in [-0.2, -0.15) is 5.10 Å². The van der Waals surface area contributed by atoms with Crippen molar-refractivity contribution in [2.75, 3.05) is 0 Å². The van der Waals surface area contributed by atoms with Crippen molar-refractivity contribution < 1.29 is 0 Å². The molecule has 2 heterocycles. The number of nitrogens with zero attached hydrogens (tertiary/aromatic N) is 3. The van der Waals surface area contributed by atoms with E-state index in [2.05, 4.69) is 38.8 Å². The largest absolute Gasteiger partial charge is 0.310 e. The fourth-order valence-corrected chi connectivity index (χ4v) is 5.95. The number of aromatic nitrogens is 3. The van der Waals surface area contributed by atoms with Crippen molar-refractivity contribution >= 4 is 11.0 Å². The Labute approximate surface area is 189 Å². The summed E-state index contributed by atoms with van der Waals surface area (Å²) in [6, 6.07) is 9.97. The van der Waals surface area contributed by atoms with Crippen molar-refractivity contribution in [1.29, 1.82) is 0 Å². The quantitative estimate of drug-likeness (QED) is 0.606. The van der Waals surface area contributed by atoms with Gasteiger partial charge in [-0.05, 0) is 74.5 Å². The molecule has 2 aromatic heterocycles. The Kier molecular flexibility index (Phi) is 5.38. The van der Waals surface area contributed by atoms with Crippen LogP contribution in [0.2, 0.25) is 0 Å². The van der Waals surface area contributed by atoms with Gasteiger partial charge in [-0.3, -0.25) is 9.36 Å². The third-order valence-electron chi connectivity index (χ3n) is 8.05. The molecule has 1 N–H and O–H groups in total. The van der Waals surface area contributed by atoms with Crippen molar-refractivity contribution in [1.82, 2.24) is 19.7 Å². The molecule has 3 aliphatic rings. The lowest BCUT2D eigenvalue weighted by molar-refractivity contribution is 0.309. The van der Waals surface area contributed by atoms with Crippen LogP contribution >= 0.6 is 0 Å². The second-order valence-electron chi connectivity index (χ2n) is 10.1. The second-order valence-corrected chi connectivity index (χ2v) is 10.1. The summed E-state index contributed by atoms with van der Waals surface area (Å²) in [5, 5.41) is 9.71. The van der Waals surface area contributed by atoms with Gasteiger partial charge in [0.15, 0.2) is 0 Å². The first-order chi connectivity index (χ1) is 15.8. The first kappa shape index (κ1) is 20.2. The molecule has 0 amide bonds. The van der Waals surface area contributed by atoms with Gasteiger partial charge in [0.05, 0.1) is 12.7 Å². The third kappa shape index (κ3) is 3.61. The standard InChI is InChI=1S/C27H34N4O/c32-27-24-11-4-3-10-23(24)25-17-29-30(26(25)31(27)22-8-5-9-22)18-20-14-12-19(13-15-20)16-28-21-6-1-2-7-21/h12-15,17,21-22,28H,1-11,16,18H2. The number of aryl methyl sites for hydroxylation is 1. The number of nitrogens with one attached hydrogen (secondary N) is 1. The average molecular weight is 431 g/mol. The number of fused-ring (bicyclic) bond motifs is 3. The predicted molar refractivity (Wildman–Crippen MR) is 128 cm³/mol. The Morgan fingerprint density at radius 3 is 2.31 bits per heavy atom. The van der Waals surface area contributed by atoms with Crippen LogP contribution in [-0.2, 0) is 25.9 Å². The molecule has 1 aromatic carbocycles. The molecule has 0 saturated heterocycles. The smallest absolute Gasteiger partial charge is 0.255 e.